The van der Waals surface area contributed by atoms with Gasteiger partial charge in [0.15, 0.2) is 6.04 Å². The maximum absolute atomic E-state index is 12.4. The molecule has 17 heavy (non-hydrogen) atoms. The van der Waals surface area contributed by atoms with Crippen LogP contribution in [0.2, 0.25) is 0 Å². The number of pyridine rings is 1. The number of rotatable bonds is 1. The fourth-order valence-electron chi connectivity index (χ4n) is 1.35. The summed E-state index contributed by atoms with van der Waals surface area (Å²) in [4.78, 5) is 14.1. The number of halogens is 3. The number of ether oxygens (including phenoxy) is 1. The number of nitrogens with zero attached hydrogens (tertiary/aromatic N) is 1. The minimum Gasteiger partial charge on any atom is -0.480 e. The van der Waals surface area contributed by atoms with Crippen LogP contribution in [0, 0.1) is 0 Å². The van der Waals surface area contributed by atoms with E-state index in [1.807, 2.05) is 0 Å². The van der Waals surface area contributed by atoms with Crippen LogP contribution in [0.25, 0.3) is 0 Å². The van der Waals surface area contributed by atoms with E-state index in [2.05, 4.69) is 10.3 Å². The lowest BCUT2D eigenvalue weighted by atomic mass is 10.2. The molecule has 92 valence electrons. The zero-order chi connectivity index (χ0) is 12.6. The van der Waals surface area contributed by atoms with Crippen molar-refractivity contribution in [2.24, 2.45) is 0 Å². The third-order valence-electron chi connectivity index (χ3n) is 2.19. The summed E-state index contributed by atoms with van der Waals surface area (Å²) in [5, 5.41) is 11.1. The quantitative estimate of drug-likeness (QED) is 0.785. The molecule has 0 fully saturated rings. The third-order valence-corrected chi connectivity index (χ3v) is 2.19. The van der Waals surface area contributed by atoms with Gasteiger partial charge in [0.25, 0.3) is 0 Å². The number of alkyl halides is 3. The second-order valence-corrected chi connectivity index (χ2v) is 3.42. The molecule has 0 aromatic carbocycles. The molecule has 2 N–H and O–H groups in total. The van der Waals surface area contributed by atoms with Crippen LogP contribution in [0.15, 0.2) is 12.3 Å². The molecular formula is C9H7F3N2O3. The van der Waals surface area contributed by atoms with Crippen molar-refractivity contribution >= 4 is 11.7 Å². The first-order valence-electron chi connectivity index (χ1n) is 4.57. The molecule has 2 heterocycles. The van der Waals surface area contributed by atoms with E-state index in [4.69, 9.17) is 9.84 Å². The average molecular weight is 248 g/mol. The predicted octanol–water partition coefficient (Wildman–Crippen LogP) is 1.36. The normalized spacial score (nSPS) is 18.9. The summed E-state index contributed by atoms with van der Waals surface area (Å²) in [7, 11) is 0. The molecule has 0 unspecified atom stereocenters. The molecular weight excluding hydrogens is 241 g/mol. The van der Waals surface area contributed by atoms with Crippen LogP contribution in [-0.4, -0.2) is 28.7 Å². The highest BCUT2D eigenvalue weighted by molar-refractivity contribution is 5.79. The van der Waals surface area contributed by atoms with E-state index in [1.54, 1.807) is 0 Å². The van der Waals surface area contributed by atoms with E-state index < -0.39 is 23.8 Å². The highest BCUT2D eigenvalue weighted by Gasteiger charge is 2.33. The summed E-state index contributed by atoms with van der Waals surface area (Å²) in [5.41, 5.74) is -1.03. The van der Waals surface area contributed by atoms with Gasteiger partial charge in [0, 0.05) is 6.20 Å². The van der Waals surface area contributed by atoms with Crippen LogP contribution in [0.1, 0.15) is 5.56 Å². The van der Waals surface area contributed by atoms with Gasteiger partial charge in [0.1, 0.15) is 6.61 Å². The number of fused-ring (bicyclic) bond motifs is 1. The minimum absolute atomic E-state index is 0.0319. The van der Waals surface area contributed by atoms with Crippen molar-refractivity contribution in [3.8, 4) is 5.88 Å². The molecule has 0 spiro atoms. The van der Waals surface area contributed by atoms with Crippen molar-refractivity contribution < 1.29 is 27.8 Å². The van der Waals surface area contributed by atoms with Gasteiger partial charge in [-0.05, 0) is 6.07 Å². The van der Waals surface area contributed by atoms with Gasteiger partial charge in [-0.2, -0.15) is 13.2 Å². The van der Waals surface area contributed by atoms with Gasteiger partial charge in [-0.25, -0.2) is 9.78 Å². The van der Waals surface area contributed by atoms with E-state index in [1.165, 1.54) is 0 Å². The lowest BCUT2D eigenvalue weighted by Gasteiger charge is -2.24. The van der Waals surface area contributed by atoms with Crippen molar-refractivity contribution in [2.75, 3.05) is 11.9 Å². The molecule has 2 rings (SSSR count). The number of hydrogen-bond acceptors (Lipinski definition) is 4. The van der Waals surface area contributed by atoms with Gasteiger partial charge < -0.3 is 15.2 Å². The largest absolute Gasteiger partial charge is 0.480 e. The molecule has 0 aliphatic carbocycles. The Kier molecular flexibility index (Phi) is 2.56. The van der Waals surface area contributed by atoms with E-state index in [0.29, 0.717) is 6.20 Å². The maximum Gasteiger partial charge on any atom is 0.417 e. The summed E-state index contributed by atoms with van der Waals surface area (Å²) in [6, 6.07) is -0.301. The number of hydrogen-bond donors (Lipinski definition) is 2. The summed E-state index contributed by atoms with van der Waals surface area (Å²) in [6.07, 6.45) is -3.89. The molecule has 0 saturated heterocycles. The number of carboxylic acid groups (broad SMARTS) is 1. The van der Waals surface area contributed by atoms with Gasteiger partial charge in [-0.1, -0.05) is 0 Å². The third kappa shape index (κ3) is 2.24. The monoisotopic (exact) mass is 248 g/mol. The highest BCUT2D eigenvalue weighted by atomic mass is 19.4. The Balaban J connectivity index is 2.32. The van der Waals surface area contributed by atoms with Gasteiger partial charge in [0.2, 0.25) is 5.88 Å². The zero-order valence-corrected chi connectivity index (χ0v) is 8.28. The Labute approximate surface area is 93.2 Å². The van der Waals surface area contributed by atoms with Crippen LogP contribution in [-0.2, 0) is 11.0 Å². The highest BCUT2D eigenvalue weighted by Crippen LogP contribution is 2.34. The van der Waals surface area contributed by atoms with Crippen molar-refractivity contribution in [3.63, 3.8) is 0 Å². The second kappa shape index (κ2) is 3.79. The van der Waals surface area contributed by atoms with Crippen molar-refractivity contribution in [1.82, 2.24) is 4.98 Å². The Hall–Kier alpha value is -1.99. The van der Waals surface area contributed by atoms with Crippen LogP contribution in [0.3, 0.4) is 0 Å². The lowest BCUT2D eigenvalue weighted by Crippen LogP contribution is -2.38. The first-order chi connectivity index (χ1) is 7.88. The molecule has 1 aliphatic rings. The van der Waals surface area contributed by atoms with Crippen molar-refractivity contribution in [2.45, 2.75) is 12.2 Å². The Morgan fingerprint density at radius 2 is 2.29 bits per heavy atom. The molecule has 1 aliphatic heterocycles. The summed E-state index contributed by atoms with van der Waals surface area (Å²) < 4.78 is 42.1. The van der Waals surface area contributed by atoms with Crippen LogP contribution < -0.4 is 10.1 Å². The van der Waals surface area contributed by atoms with Gasteiger partial charge in [-0.3, -0.25) is 0 Å². The van der Waals surface area contributed by atoms with Crippen LogP contribution >= 0.6 is 0 Å². The van der Waals surface area contributed by atoms with E-state index in [-0.39, 0.29) is 18.2 Å². The van der Waals surface area contributed by atoms with Gasteiger partial charge in [0.05, 0.1) is 11.3 Å². The van der Waals surface area contributed by atoms with Gasteiger partial charge >= 0.3 is 12.1 Å². The molecule has 0 amide bonds. The molecule has 5 nitrogen and oxygen atoms in total. The van der Waals surface area contributed by atoms with E-state index >= 15 is 0 Å². The Morgan fingerprint density at radius 3 is 2.88 bits per heavy atom. The summed E-state index contributed by atoms with van der Waals surface area (Å²) >= 11 is 0. The second-order valence-electron chi connectivity index (χ2n) is 3.42. The first kappa shape index (κ1) is 11.5. The molecule has 0 saturated carbocycles. The maximum atomic E-state index is 12.4. The fraction of sp³-hybridized carbons (Fsp3) is 0.333. The van der Waals surface area contributed by atoms with Crippen molar-refractivity contribution in [3.05, 3.63) is 17.8 Å². The minimum atomic E-state index is -4.53. The average Bonchev–Trinajstić information content (AvgIpc) is 2.26. The molecule has 1 aromatic heterocycles. The number of anilines is 1. The zero-order valence-electron chi connectivity index (χ0n) is 8.28. The molecule has 1 aromatic rings. The topological polar surface area (TPSA) is 71.5 Å². The smallest absolute Gasteiger partial charge is 0.417 e. The standard InChI is InChI=1S/C9H7F3N2O3/c10-9(11,12)4-1-5-7(13-2-4)17-3-6(14-5)8(15)16/h1-2,6,14H,3H2,(H,15,16)/t6-/m0/s1. The summed E-state index contributed by atoms with van der Waals surface area (Å²) in [6.45, 7) is -0.180. The van der Waals surface area contributed by atoms with Crippen molar-refractivity contribution in [1.29, 1.82) is 0 Å². The Morgan fingerprint density at radius 1 is 1.59 bits per heavy atom. The molecule has 1 atom stereocenters. The van der Waals surface area contributed by atoms with E-state index in [0.717, 1.165) is 6.07 Å². The molecule has 0 radical (unpaired) electrons. The number of aromatic nitrogens is 1. The first-order valence-corrected chi connectivity index (χ1v) is 4.57. The number of nitrogens with one attached hydrogen (secondary N) is 1. The van der Waals surface area contributed by atoms with Gasteiger partial charge in [-0.15, -0.1) is 0 Å². The SMILES string of the molecule is O=C(O)[C@@H]1COc2ncc(C(F)(F)F)cc2N1. The summed E-state index contributed by atoms with van der Waals surface area (Å²) in [5.74, 6) is -1.23. The Bertz CT molecular complexity index is 461. The van der Waals surface area contributed by atoms with Crippen LogP contribution in [0.5, 0.6) is 5.88 Å². The molecule has 8 heteroatoms. The number of aliphatic carboxylic acids is 1. The van der Waals surface area contributed by atoms with Crippen LogP contribution in [0.4, 0.5) is 18.9 Å². The predicted molar refractivity (Wildman–Crippen MR) is 49.8 cm³/mol. The molecule has 0 bridgehead atoms. The number of carboxylic acids is 1. The number of carbonyl (C=O) groups is 1. The fourth-order valence-corrected chi connectivity index (χ4v) is 1.35. The lowest BCUT2D eigenvalue weighted by molar-refractivity contribution is -0.138. The van der Waals surface area contributed by atoms with E-state index in [9.17, 15) is 18.0 Å².